The van der Waals surface area contributed by atoms with Crippen LogP contribution in [0.25, 0.3) is 11.2 Å². The van der Waals surface area contributed by atoms with Crippen molar-refractivity contribution in [2.24, 2.45) is 14.1 Å². The average Bonchev–Trinajstić information content (AvgIpc) is 3.22. The fourth-order valence-electron chi connectivity index (χ4n) is 3.61. The molecule has 0 saturated carbocycles. The number of hydrogen-bond donors (Lipinski definition) is 1. The van der Waals surface area contributed by atoms with Gasteiger partial charge in [-0.3, -0.25) is 18.7 Å². The smallest absolute Gasteiger partial charge is 0.332 e. The van der Waals surface area contributed by atoms with Gasteiger partial charge in [-0.15, -0.1) is 0 Å². The van der Waals surface area contributed by atoms with Crippen molar-refractivity contribution in [1.82, 2.24) is 18.7 Å². The zero-order valence-corrected chi connectivity index (χ0v) is 17.2. The van der Waals surface area contributed by atoms with E-state index >= 15 is 0 Å². The number of morpholine rings is 1. The van der Waals surface area contributed by atoms with E-state index in [1.165, 1.54) is 22.5 Å². The highest BCUT2D eigenvalue weighted by molar-refractivity contribution is 5.94. The van der Waals surface area contributed by atoms with E-state index in [0.717, 1.165) is 23.3 Å². The Morgan fingerprint density at radius 3 is 2.43 bits per heavy atom. The number of fused-ring (bicyclic) bond motifs is 1. The van der Waals surface area contributed by atoms with E-state index in [1.807, 2.05) is 24.3 Å². The van der Waals surface area contributed by atoms with E-state index in [1.54, 1.807) is 14.0 Å². The zero-order chi connectivity index (χ0) is 21.4. The third kappa shape index (κ3) is 3.39. The molecule has 0 aliphatic carbocycles. The first kappa shape index (κ1) is 19.9. The highest BCUT2D eigenvalue weighted by Crippen LogP contribution is 2.21. The maximum atomic E-state index is 12.8. The van der Waals surface area contributed by atoms with E-state index in [0.29, 0.717) is 18.9 Å². The molecule has 1 atom stereocenters. The first-order valence-electron chi connectivity index (χ1n) is 9.74. The Hall–Kier alpha value is -3.40. The number of benzene rings is 1. The van der Waals surface area contributed by atoms with E-state index in [-0.39, 0.29) is 17.1 Å². The highest BCUT2D eigenvalue weighted by Gasteiger charge is 2.22. The number of rotatable bonds is 4. The summed E-state index contributed by atoms with van der Waals surface area (Å²) >= 11 is 0. The van der Waals surface area contributed by atoms with Crippen LogP contribution in [0.15, 0.2) is 40.2 Å². The lowest BCUT2D eigenvalue weighted by molar-refractivity contribution is -0.118. The number of carbonyl (C=O) groups is 1. The molecule has 2 aromatic heterocycles. The average molecular weight is 412 g/mol. The number of nitrogens with one attached hydrogen (secondary N) is 1. The van der Waals surface area contributed by atoms with Crippen molar-refractivity contribution in [1.29, 1.82) is 0 Å². The van der Waals surface area contributed by atoms with Crippen LogP contribution < -0.4 is 21.5 Å². The maximum Gasteiger partial charge on any atom is 0.332 e. The number of nitrogens with zero attached hydrogens (tertiary/aromatic N) is 5. The molecule has 0 spiro atoms. The molecule has 1 aliphatic heterocycles. The molecule has 30 heavy (non-hydrogen) atoms. The second-order valence-corrected chi connectivity index (χ2v) is 7.34. The Kier molecular flexibility index (Phi) is 5.17. The van der Waals surface area contributed by atoms with Crippen LogP contribution >= 0.6 is 0 Å². The number of anilines is 2. The topological polar surface area (TPSA) is 103 Å². The van der Waals surface area contributed by atoms with Gasteiger partial charge in [0.25, 0.3) is 5.56 Å². The van der Waals surface area contributed by atoms with Crippen molar-refractivity contribution >= 4 is 28.4 Å². The van der Waals surface area contributed by atoms with Gasteiger partial charge in [0, 0.05) is 38.6 Å². The molecule has 1 N–H and O–H groups in total. The summed E-state index contributed by atoms with van der Waals surface area (Å²) in [7, 11) is 2.95. The Morgan fingerprint density at radius 1 is 1.10 bits per heavy atom. The summed E-state index contributed by atoms with van der Waals surface area (Å²) in [6.45, 7) is 4.78. The summed E-state index contributed by atoms with van der Waals surface area (Å²) < 4.78 is 9.17. The van der Waals surface area contributed by atoms with Crippen molar-refractivity contribution < 1.29 is 9.53 Å². The van der Waals surface area contributed by atoms with Crippen molar-refractivity contribution in [3.8, 4) is 0 Å². The third-order valence-corrected chi connectivity index (χ3v) is 5.48. The van der Waals surface area contributed by atoms with Crippen LogP contribution in [0.2, 0.25) is 0 Å². The molecule has 1 amide bonds. The van der Waals surface area contributed by atoms with Crippen LogP contribution in [0.3, 0.4) is 0 Å². The van der Waals surface area contributed by atoms with Gasteiger partial charge in [-0.25, -0.2) is 9.78 Å². The highest BCUT2D eigenvalue weighted by atomic mass is 16.5. The first-order valence-corrected chi connectivity index (χ1v) is 9.74. The lowest BCUT2D eigenvalue weighted by atomic mass is 10.2. The van der Waals surface area contributed by atoms with Crippen molar-refractivity contribution in [3.63, 3.8) is 0 Å². The van der Waals surface area contributed by atoms with Crippen LogP contribution in [0.4, 0.5) is 11.4 Å². The van der Waals surface area contributed by atoms with Crippen LogP contribution in [0, 0.1) is 0 Å². The molecule has 158 valence electrons. The van der Waals surface area contributed by atoms with Crippen LogP contribution in [0.1, 0.15) is 13.0 Å². The Labute approximate surface area is 172 Å². The summed E-state index contributed by atoms with van der Waals surface area (Å²) in [5.41, 5.74) is 1.25. The molecule has 1 aliphatic rings. The maximum absolute atomic E-state index is 12.8. The van der Waals surface area contributed by atoms with Gasteiger partial charge >= 0.3 is 5.69 Å². The SMILES string of the molecule is C[C@H](C(=O)Nc1ccc(N2CCOCC2)cc1)n1cnc2c1c(=O)n(C)c(=O)n2C. The van der Waals surface area contributed by atoms with Gasteiger partial charge in [0.1, 0.15) is 6.04 Å². The predicted octanol–water partition coefficient (Wildman–Crippen LogP) is 0.470. The minimum Gasteiger partial charge on any atom is -0.378 e. The number of ether oxygens (including phenoxy) is 1. The van der Waals surface area contributed by atoms with Crippen molar-refractivity contribution in [3.05, 3.63) is 51.4 Å². The molecule has 1 aromatic carbocycles. The van der Waals surface area contributed by atoms with E-state index in [4.69, 9.17) is 4.74 Å². The molecule has 1 fully saturated rings. The lowest BCUT2D eigenvalue weighted by Crippen LogP contribution is -2.38. The third-order valence-electron chi connectivity index (χ3n) is 5.48. The molecule has 0 unspecified atom stereocenters. The van der Waals surface area contributed by atoms with Crippen LogP contribution in [-0.2, 0) is 23.6 Å². The molecule has 0 bridgehead atoms. The zero-order valence-electron chi connectivity index (χ0n) is 17.2. The number of aryl methyl sites for hydroxylation is 1. The molecular weight excluding hydrogens is 388 g/mol. The molecule has 1 saturated heterocycles. The van der Waals surface area contributed by atoms with Gasteiger partial charge in [0.05, 0.1) is 19.5 Å². The second-order valence-electron chi connectivity index (χ2n) is 7.34. The molecular formula is C20H24N6O4. The van der Waals surface area contributed by atoms with Gasteiger partial charge in [0.2, 0.25) is 5.91 Å². The monoisotopic (exact) mass is 412 g/mol. The fraction of sp³-hybridized carbons (Fsp3) is 0.400. The second kappa shape index (κ2) is 7.79. The molecule has 3 aromatic rings. The molecule has 4 rings (SSSR count). The van der Waals surface area contributed by atoms with Gasteiger partial charge in [0.15, 0.2) is 11.2 Å². The molecule has 10 nitrogen and oxygen atoms in total. The van der Waals surface area contributed by atoms with Crippen molar-refractivity contribution in [2.75, 3.05) is 36.5 Å². The van der Waals surface area contributed by atoms with Gasteiger partial charge in [-0.2, -0.15) is 0 Å². The number of hydrogen-bond acceptors (Lipinski definition) is 6. The first-order chi connectivity index (χ1) is 14.4. The predicted molar refractivity (Wildman–Crippen MR) is 113 cm³/mol. The van der Waals surface area contributed by atoms with E-state index < -0.39 is 17.3 Å². The summed E-state index contributed by atoms with van der Waals surface area (Å²) in [5.74, 6) is -0.288. The lowest BCUT2D eigenvalue weighted by Gasteiger charge is -2.29. The summed E-state index contributed by atoms with van der Waals surface area (Å²) in [6, 6.07) is 6.93. The van der Waals surface area contributed by atoms with Gasteiger partial charge in [-0.1, -0.05) is 0 Å². The van der Waals surface area contributed by atoms with Crippen LogP contribution in [-0.4, -0.2) is 50.9 Å². The Balaban J connectivity index is 1.56. The minimum absolute atomic E-state index is 0.213. The van der Waals surface area contributed by atoms with Gasteiger partial charge in [-0.05, 0) is 31.2 Å². The number of amides is 1. The molecule has 0 radical (unpaired) electrons. The van der Waals surface area contributed by atoms with E-state index in [9.17, 15) is 14.4 Å². The minimum atomic E-state index is -0.695. The Bertz CT molecular complexity index is 1200. The number of imidazole rings is 1. The standard InChI is InChI=1S/C20H24N6O4/c1-13(26-12-21-17-16(26)19(28)24(3)20(29)23(17)2)18(27)22-14-4-6-15(7-5-14)25-8-10-30-11-9-25/h4-7,12-13H,8-11H2,1-3H3,(H,22,27)/t13-/m1/s1. The van der Waals surface area contributed by atoms with E-state index in [2.05, 4.69) is 15.2 Å². The summed E-state index contributed by atoms with van der Waals surface area (Å²) in [5, 5.41) is 2.88. The van der Waals surface area contributed by atoms with Crippen molar-refractivity contribution in [2.45, 2.75) is 13.0 Å². The largest absolute Gasteiger partial charge is 0.378 e. The Morgan fingerprint density at radius 2 is 1.77 bits per heavy atom. The molecule has 10 heteroatoms. The van der Waals surface area contributed by atoms with Gasteiger partial charge < -0.3 is 19.5 Å². The number of carbonyl (C=O) groups excluding carboxylic acids is 1. The summed E-state index contributed by atoms with van der Waals surface area (Å²) in [6.07, 6.45) is 1.41. The fourth-order valence-corrected chi connectivity index (χ4v) is 3.61. The molecule has 3 heterocycles. The number of aromatic nitrogens is 4. The quantitative estimate of drug-likeness (QED) is 0.668. The summed E-state index contributed by atoms with van der Waals surface area (Å²) in [4.78, 5) is 43.9. The van der Waals surface area contributed by atoms with Crippen LogP contribution in [0.5, 0.6) is 0 Å². The normalized spacial score (nSPS) is 15.4.